The number of methoxy groups -OCH3 is 1. The number of aromatic nitrogens is 3. The van der Waals surface area contributed by atoms with Crippen molar-refractivity contribution >= 4 is 17.1 Å². The van der Waals surface area contributed by atoms with E-state index in [0.717, 1.165) is 5.52 Å². The Labute approximate surface area is 93.8 Å². The Morgan fingerprint density at radius 3 is 2.73 bits per heavy atom. The van der Waals surface area contributed by atoms with Gasteiger partial charge in [0.15, 0.2) is 5.15 Å². The van der Waals surface area contributed by atoms with Crippen LogP contribution in [-0.2, 0) is 0 Å². The van der Waals surface area contributed by atoms with Crippen LogP contribution in [0.2, 0.25) is 5.15 Å². The standard InChI is InChI=1S/C7H6ClN3O.C3H8/c1-12-7-5-2-3-9-11(5)4-6(8)10-7;1-3-2/h2-4H,1H3;3H2,1-2H3. The van der Waals surface area contributed by atoms with Crippen molar-refractivity contribution in [2.24, 2.45) is 0 Å². The minimum absolute atomic E-state index is 0.364. The lowest BCUT2D eigenvalue weighted by Crippen LogP contribution is -1.94. The number of rotatable bonds is 1. The normalized spacial score (nSPS) is 9.60. The van der Waals surface area contributed by atoms with Gasteiger partial charge < -0.3 is 4.74 Å². The van der Waals surface area contributed by atoms with Crippen LogP contribution in [0.1, 0.15) is 20.3 Å². The van der Waals surface area contributed by atoms with Crippen molar-refractivity contribution < 1.29 is 4.74 Å². The fourth-order valence-corrected chi connectivity index (χ4v) is 1.19. The summed E-state index contributed by atoms with van der Waals surface area (Å²) in [6, 6.07) is 1.81. The molecule has 0 radical (unpaired) electrons. The van der Waals surface area contributed by atoms with Crippen LogP contribution >= 0.6 is 11.6 Å². The smallest absolute Gasteiger partial charge is 0.241 e. The van der Waals surface area contributed by atoms with Crippen molar-refractivity contribution in [3.05, 3.63) is 23.6 Å². The van der Waals surface area contributed by atoms with Crippen LogP contribution in [0.25, 0.3) is 5.52 Å². The molecule has 0 bridgehead atoms. The minimum Gasteiger partial charge on any atom is -0.479 e. The number of nitrogens with zero attached hydrogens (tertiary/aromatic N) is 3. The number of ether oxygens (including phenoxy) is 1. The van der Waals surface area contributed by atoms with E-state index in [1.807, 2.05) is 6.07 Å². The van der Waals surface area contributed by atoms with Gasteiger partial charge >= 0.3 is 0 Å². The van der Waals surface area contributed by atoms with Crippen molar-refractivity contribution in [3.8, 4) is 5.88 Å². The summed E-state index contributed by atoms with van der Waals surface area (Å²) in [5.41, 5.74) is 0.807. The van der Waals surface area contributed by atoms with Crippen LogP contribution in [0.4, 0.5) is 0 Å². The Bertz CT molecular complexity index is 428. The Morgan fingerprint density at radius 1 is 1.47 bits per heavy atom. The fraction of sp³-hybridized carbons (Fsp3) is 0.400. The van der Waals surface area contributed by atoms with Gasteiger partial charge in [0.1, 0.15) is 5.52 Å². The van der Waals surface area contributed by atoms with Gasteiger partial charge in [-0.15, -0.1) is 0 Å². The van der Waals surface area contributed by atoms with Gasteiger partial charge in [0, 0.05) is 0 Å². The first-order chi connectivity index (χ1) is 7.22. The van der Waals surface area contributed by atoms with E-state index in [4.69, 9.17) is 16.3 Å². The lowest BCUT2D eigenvalue weighted by atomic mass is 10.5. The zero-order valence-electron chi connectivity index (χ0n) is 9.07. The predicted octanol–water partition coefficient (Wildman–Crippen LogP) is 2.81. The molecular weight excluding hydrogens is 214 g/mol. The maximum absolute atomic E-state index is 5.71. The third kappa shape index (κ3) is 2.83. The molecule has 0 atom stereocenters. The van der Waals surface area contributed by atoms with Crippen molar-refractivity contribution in [3.63, 3.8) is 0 Å². The molecule has 0 aliphatic carbocycles. The third-order valence-corrected chi connectivity index (χ3v) is 1.70. The van der Waals surface area contributed by atoms with Crippen LogP contribution in [0.15, 0.2) is 18.5 Å². The van der Waals surface area contributed by atoms with Crippen LogP contribution in [-0.4, -0.2) is 21.7 Å². The number of halogens is 1. The monoisotopic (exact) mass is 227 g/mol. The topological polar surface area (TPSA) is 39.4 Å². The summed E-state index contributed by atoms with van der Waals surface area (Å²) in [7, 11) is 1.55. The van der Waals surface area contributed by atoms with Gasteiger partial charge in [0.25, 0.3) is 0 Å². The lowest BCUT2D eigenvalue weighted by Gasteiger charge is -2.00. The number of hydrogen-bond donors (Lipinski definition) is 0. The molecule has 0 spiro atoms. The average molecular weight is 228 g/mol. The van der Waals surface area contributed by atoms with Crippen molar-refractivity contribution in [2.45, 2.75) is 20.3 Å². The summed E-state index contributed by atoms with van der Waals surface area (Å²) >= 11 is 5.71. The fourth-order valence-electron chi connectivity index (χ4n) is 1.02. The second-order valence-corrected chi connectivity index (χ2v) is 3.33. The number of fused-ring (bicyclic) bond motifs is 1. The van der Waals surface area contributed by atoms with E-state index in [1.54, 1.807) is 24.0 Å². The quantitative estimate of drug-likeness (QED) is 0.752. The lowest BCUT2D eigenvalue weighted by molar-refractivity contribution is 0.400. The Balaban J connectivity index is 0.000000337. The van der Waals surface area contributed by atoms with Crippen molar-refractivity contribution in [1.82, 2.24) is 14.6 Å². The van der Waals surface area contributed by atoms with Crippen molar-refractivity contribution in [1.29, 1.82) is 0 Å². The second kappa shape index (κ2) is 5.56. The first-order valence-corrected chi connectivity index (χ1v) is 5.14. The van der Waals surface area contributed by atoms with Crippen LogP contribution in [0.3, 0.4) is 0 Å². The van der Waals surface area contributed by atoms with Gasteiger partial charge in [-0.25, -0.2) is 4.52 Å². The van der Waals surface area contributed by atoms with Crippen molar-refractivity contribution in [2.75, 3.05) is 7.11 Å². The predicted molar refractivity (Wildman–Crippen MR) is 60.5 cm³/mol. The van der Waals surface area contributed by atoms with Crippen LogP contribution < -0.4 is 4.74 Å². The van der Waals surface area contributed by atoms with Gasteiger partial charge in [-0.3, -0.25) is 0 Å². The highest BCUT2D eigenvalue weighted by atomic mass is 35.5. The zero-order chi connectivity index (χ0) is 11.3. The summed E-state index contributed by atoms with van der Waals surface area (Å²) in [6.45, 7) is 4.25. The van der Waals surface area contributed by atoms with Gasteiger partial charge in [0.2, 0.25) is 5.88 Å². The maximum Gasteiger partial charge on any atom is 0.241 e. The molecule has 4 nitrogen and oxygen atoms in total. The molecule has 2 heterocycles. The third-order valence-electron chi connectivity index (χ3n) is 1.52. The summed E-state index contributed by atoms with van der Waals surface area (Å²) < 4.78 is 6.63. The molecule has 0 fully saturated rings. The zero-order valence-corrected chi connectivity index (χ0v) is 9.82. The molecule has 0 aliphatic heterocycles. The molecule has 0 aromatic carbocycles. The summed E-state index contributed by atoms with van der Waals surface area (Å²) in [6.07, 6.45) is 4.54. The largest absolute Gasteiger partial charge is 0.479 e. The summed E-state index contributed by atoms with van der Waals surface area (Å²) in [4.78, 5) is 3.97. The first-order valence-electron chi connectivity index (χ1n) is 4.76. The Hall–Kier alpha value is -1.29. The van der Waals surface area contributed by atoms with Crippen LogP contribution in [0.5, 0.6) is 5.88 Å². The Morgan fingerprint density at radius 2 is 2.13 bits per heavy atom. The second-order valence-electron chi connectivity index (χ2n) is 2.94. The molecule has 0 amide bonds. The van der Waals surface area contributed by atoms with E-state index >= 15 is 0 Å². The first kappa shape index (κ1) is 11.8. The van der Waals surface area contributed by atoms with Gasteiger partial charge in [-0.05, 0) is 6.07 Å². The van der Waals surface area contributed by atoms with Gasteiger partial charge in [0.05, 0.1) is 19.5 Å². The van der Waals surface area contributed by atoms with E-state index in [9.17, 15) is 0 Å². The molecule has 2 aromatic heterocycles. The molecule has 5 heteroatoms. The highest BCUT2D eigenvalue weighted by Gasteiger charge is 2.04. The van der Waals surface area contributed by atoms with E-state index < -0.39 is 0 Å². The molecule has 0 saturated heterocycles. The molecule has 15 heavy (non-hydrogen) atoms. The van der Waals surface area contributed by atoms with E-state index in [1.165, 1.54) is 6.42 Å². The maximum atomic E-state index is 5.71. The molecule has 0 aliphatic rings. The molecular formula is C10H14ClN3O. The molecule has 82 valence electrons. The highest BCUT2D eigenvalue weighted by Crippen LogP contribution is 2.18. The summed E-state index contributed by atoms with van der Waals surface area (Å²) in [5, 5.41) is 4.36. The highest BCUT2D eigenvalue weighted by molar-refractivity contribution is 6.29. The average Bonchev–Trinajstić information content (AvgIpc) is 2.65. The van der Waals surface area contributed by atoms with Gasteiger partial charge in [-0.1, -0.05) is 31.9 Å². The van der Waals surface area contributed by atoms with Gasteiger partial charge in [-0.2, -0.15) is 10.1 Å². The molecule has 0 saturated carbocycles. The summed E-state index contributed by atoms with van der Waals surface area (Å²) in [5.74, 6) is 0.486. The molecule has 0 N–H and O–H groups in total. The SMILES string of the molecule is CCC.COc1nc(Cl)cn2nccc12. The van der Waals surface area contributed by atoms with E-state index in [-0.39, 0.29) is 0 Å². The number of hydrogen-bond acceptors (Lipinski definition) is 3. The van der Waals surface area contributed by atoms with Crippen LogP contribution in [0, 0.1) is 0 Å². The van der Waals surface area contributed by atoms with E-state index in [0.29, 0.717) is 11.0 Å². The molecule has 2 aromatic rings. The minimum atomic E-state index is 0.364. The molecule has 2 rings (SSSR count). The Kier molecular flexibility index (Phi) is 4.37. The molecule has 0 unspecified atom stereocenters. The van der Waals surface area contributed by atoms with E-state index in [2.05, 4.69) is 23.9 Å².